The molecule has 1 atom stereocenters. The summed E-state index contributed by atoms with van der Waals surface area (Å²) in [5, 5.41) is 0. The van der Waals surface area contributed by atoms with Crippen molar-refractivity contribution in [3.05, 3.63) is 0 Å². The van der Waals surface area contributed by atoms with Crippen LogP contribution >= 0.6 is 59.4 Å². The molecule has 0 nitrogen and oxygen atoms in total. The van der Waals surface area contributed by atoms with Crippen molar-refractivity contribution in [3.8, 4) is 0 Å². The Kier molecular flexibility index (Phi) is 4.33. The highest BCUT2D eigenvalue weighted by Crippen LogP contribution is 2.61. The lowest BCUT2D eigenvalue weighted by atomic mass is 10.3. The summed E-state index contributed by atoms with van der Waals surface area (Å²) in [6.07, 6.45) is -10.5. The molecule has 0 aliphatic heterocycles. The van der Waals surface area contributed by atoms with E-state index in [2.05, 4.69) is 0 Å². The molecule has 0 fully saturated rings. The molecule has 1 unspecified atom stereocenters. The Labute approximate surface area is 105 Å². The van der Waals surface area contributed by atoms with E-state index in [1.54, 1.807) is 15.9 Å². The smallest absolute Gasteiger partial charge is 0.168 e. The first kappa shape index (κ1) is 15.3. The van der Waals surface area contributed by atoms with Crippen LogP contribution in [-0.2, 0) is 0 Å². The minimum atomic E-state index is -5.29. The quantitative estimate of drug-likeness (QED) is 0.404. The first-order chi connectivity index (χ1) is 5.75. The van der Waals surface area contributed by atoms with Gasteiger partial charge < -0.3 is 0 Å². The zero-order chi connectivity index (χ0) is 12.0. The Morgan fingerprint density at radius 2 is 1.00 bits per heavy atom. The summed E-state index contributed by atoms with van der Waals surface area (Å²) in [6.45, 7) is 0. The third-order valence-corrected chi connectivity index (χ3v) is 6.26. The maximum absolute atomic E-state index is 12.2. The lowest BCUT2D eigenvalue weighted by Gasteiger charge is -2.36. The minimum absolute atomic E-state index is 1.79. The normalized spacial score (nSPS) is 19.3. The van der Waals surface area contributed by atoms with Crippen LogP contribution in [0.1, 0.15) is 0 Å². The van der Waals surface area contributed by atoms with E-state index < -0.39 is 19.4 Å². The molecule has 14 heavy (non-hydrogen) atoms. The summed E-state index contributed by atoms with van der Waals surface area (Å²) in [7, 11) is 0. The highest BCUT2D eigenvalue weighted by atomic mass is 79.9. The van der Waals surface area contributed by atoms with E-state index in [4.69, 9.17) is 11.6 Å². The van der Waals surface area contributed by atoms with Gasteiger partial charge in [-0.25, -0.2) is 0 Å². The van der Waals surface area contributed by atoms with Crippen LogP contribution in [-0.4, -0.2) is 19.4 Å². The van der Waals surface area contributed by atoms with Gasteiger partial charge >= 0.3 is 12.4 Å². The van der Waals surface area contributed by atoms with E-state index in [9.17, 15) is 26.3 Å². The van der Waals surface area contributed by atoms with Gasteiger partial charge in [0.25, 0.3) is 0 Å². The molecule has 86 valence electrons. The molecule has 0 spiro atoms. The molecule has 0 heterocycles. The average molecular weight is 437 g/mol. The van der Waals surface area contributed by atoms with Gasteiger partial charge in [-0.05, 0) is 0 Å². The van der Waals surface area contributed by atoms with Gasteiger partial charge in [-0.15, -0.1) is 0 Å². The number of hydrogen-bond donors (Lipinski definition) is 0. The molecule has 0 saturated heterocycles. The van der Waals surface area contributed by atoms with E-state index >= 15 is 0 Å². The van der Waals surface area contributed by atoms with Gasteiger partial charge in [0.15, 0.2) is 0 Å². The van der Waals surface area contributed by atoms with Crippen LogP contribution in [0.5, 0.6) is 0 Å². The van der Waals surface area contributed by atoms with Crippen molar-refractivity contribution in [1.82, 2.24) is 0 Å². The molecular formula is C4Br3ClF6. The molecule has 0 N–H and O–H groups in total. The van der Waals surface area contributed by atoms with Gasteiger partial charge in [0.1, 0.15) is 0 Å². The van der Waals surface area contributed by atoms with Gasteiger partial charge in [0, 0.05) is 0 Å². The highest BCUT2D eigenvalue weighted by molar-refractivity contribution is 9.26. The third kappa shape index (κ3) is 2.52. The molecule has 0 aliphatic rings. The van der Waals surface area contributed by atoms with Crippen LogP contribution < -0.4 is 0 Å². The summed E-state index contributed by atoms with van der Waals surface area (Å²) in [6, 6.07) is 0. The Morgan fingerprint density at radius 1 is 0.714 bits per heavy atom. The standard InChI is InChI=1S/C4Br3ClF6/c5-1(6,3(9,10)11)2(7,8)4(12,13)14. The van der Waals surface area contributed by atoms with E-state index in [1.807, 2.05) is 31.9 Å². The fourth-order valence-electron chi connectivity index (χ4n) is 0.356. The van der Waals surface area contributed by atoms with Crippen LogP contribution in [0.15, 0.2) is 0 Å². The summed E-state index contributed by atoms with van der Waals surface area (Å²) in [4.78, 5) is 0. The second-order valence-corrected chi connectivity index (χ2v) is 7.80. The second-order valence-electron chi connectivity index (χ2n) is 2.14. The fourth-order valence-corrected chi connectivity index (χ4v) is 1.14. The van der Waals surface area contributed by atoms with Gasteiger partial charge in [-0.2, -0.15) is 26.3 Å². The van der Waals surface area contributed by atoms with Gasteiger partial charge in [-0.1, -0.05) is 59.4 Å². The number of alkyl halides is 10. The van der Waals surface area contributed by atoms with Gasteiger partial charge in [-0.3, -0.25) is 0 Å². The number of hydrogen-bond acceptors (Lipinski definition) is 0. The molecule has 10 heteroatoms. The largest absolute Gasteiger partial charge is 0.420 e. The van der Waals surface area contributed by atoms with Crippen molar-refractivity contribution in [2.75, 3.05) is 0 Å². The lowest BCUT2D eigenvalue weighted by molar-refractivity contribution is -0.185. The number of rotatable bonds is 1. The molecule has 0 rings (SSSR count). The Hall–Kier alpha value is 1.31. The molecule has 0 aromatic carbocycles. The summed E-state index contributed by atoms with van der Waals surface area (Å²) < 4.78 is 65.6. The maximum atomic E-state index is 12.2. The van der Waals surface area contributed by atoms with Crippen LogP contribution in [0.25, 0.3) is 0 Å². The van der Waals surface area contributed by atoms with Crippen molar-refractivity contribution < 1.29 is 26.3 Å². The lowest BCUT2D eigenvalue weighted by Crippen LogP contribution is -2.55. The van der Waals surface area contributed by atoms with Crippen molar-refractivity contribution in [2.45, 2.75) is 19.4 Å². The van der Waals surface area contributed by atoms with Gasteiger partial charge in [0.2, 0.25) is 7.02 Å². The van der Waals surface area contributed by atoms with Gasteiger partial charge in [0.05, 0.1) is 0 Å². The molecule has 0 saturated carbocycles. The maximum Gasteiger partial charge on any atom is 0.420 e. The SMILES string of the molecule is FC(F)(F)C(Cl)(Br)C(Br)(Br)C(F)(F)F. The van der Waals surface area contributed by atoms with E-state index in [1.165, 1.54) is 0 Å². The Morgan fingerprint density at radius 3 is 1.07 bits per heavy atom. The Balaban J connectivity index is 5.30. The van der Waals surface area contributed by atoms with Crippen molar-refractivity contribution >= 4 is 59.4 Å². The van der Waals surface area contributed by atoms with Crippen LogP contribution in [0.2, 0.25) is 0 Å². The summed E-state index contributed by atoms with van der Waals surface area (Å²) >= 11 is 10.3. The third-order valence-electron chi connectivity index (χ3n) is 1.11. The molecule has 0 aromatic rings. The molecular weight excluding hydrogens is 437 g/mol. The van der Waals surface area contributed by atoms with E-state index in [0.29, 0.717) is 0 Å². The van der Waals surface area contributed by atoms with Crippen LogP contribution in [0, 0.1) is 0 Å². The summed E-state index contributed by atoms with van der Waals surface area (Å²) in [5.41, 5.74) is 0. The fraction of sp³-hybridized carbons (Fsp3) is 1.00. The molecule has 0 aromatic heterocycles. The zero-order valence-electron chi connectivity index (χ0n) is 5.78. The first-order valence-electron chi connectivity index (χ1n) is 2.64. The first-order valence-corrected chi connectivity index (χ1v) is 5.40. The van der Waals surface area contributed by atoms with Crippen molar-refractivity contribution in [3.63, 3.8) is 0 Å². The predicted molar refractivity (Wildman–Crippen MR) is 50.2 cm³/mol. The van der Waals surface area contributed by atoms with E-state index in [-0.39, 0.29) is 0 Å². The molecule has 0 aliphatic carbocycles. The monoisotopic (exact) mass is 434 g/mol. The van der Waals surface area contributed by atoms with Crippen LogP contribution in [0.3, 0.4) is 0 Å². The van der Waals surface area contributed by atoms with Crippen molar-refractivity contribution in [1.29, 1.82) is 0 Å². The van der Waals surface area contributed by atoms with Crippen LogP contribution in [0.4, 0.5) is 26.3 Å². The van der Waals surface area contributed by atoms with E-state index in [0.717, 1.165) is 0 Å². The molecule has 0 radical (unpaired) electrons. The highest BCUT2D eigenvalue weighted by Gasteiger charge is 2.73. The topological polar surface area (TPSA) is 0 Å². The second kappa shape index (κ2) is 3.96. The zero-order valence-corrected chi connectivity index (χ0v) is 11.3. The molecule has 0 bridgehead atoms. The average Bonchev–Trinajstić information content (AvgIpc) is 1.81. The predicted octanol–water partition coefficient (Wildman–Crippen LogP) is 4.93. The number of halogens is 10. The van der Waals surface area contributed by atoms with Crippen molar-refractivity contribution in [2.24, 2.45) is 0 Å². The Bertz CT molecular complexity index is 194. The summed E-state index contributed by atoms with van der Waals surface area (Å²) in [5.74, 6) is 0. The molecule has 0 amide bonds. The minimum Gasteiger partial charge on any atom is -0.168 e.